The number of rotatable bonds is 11. The van der Waals surface area contributed by atoms with E-state index in [1.807, 2.05) is 37.6 Å². The zero-order valence-electron chi connectivity index (χ0n) is 24.2. The van der Waals surface area contributed by atoms with Gasteiger partial charge in [-0.25, -0.2) is 15.0 Å². The summed E-state index contributed by atoms with van der Waals surface area (Å²) in [5, 5.41) is 4.39. The molecule has 0 amide bonds. The van der Waals surface area contributed by atoms with Crippen molar-refractivity contribution in [2.45, 2.75) is 57.9 Å². The summed E-state index contributed by atoms with van der Waals surface area (Å²) in [6, 6.07) is 21.5. The van der Waals surface area contributed by atoms with Crippen LogP contribution < -0.4 is 5.32 Å². The van der Waals surface area contributed by atoms with Crippen LogP contribution in [0.25, 0.3) is 38.9 Å². The third kappa shape index (κ3) is 5.46. The number of fused-ring (bicyclic) bond motifs is 2. The van der Waals surface area contributed by atoms with Crippen LogP contribution in [0.5, 0.6) is 0 Å². The van der Waals surface area contributed by atoms with E-state index in [1.54, 1.807) is 6.92 Å². The van der Waals surface area contributed by atoms with Gasteiger partial charge in [0.15, 0.2) is 5.82 Å². The van der Waals surface area contributed by atoms with Crippen LogP contribution in [0.3, 0.4) is 0 Å². The van der Waals surface area contributed by atoms with Crippen LogP contribution in [0.15, 0.2) is 73.1 Å². The van der Waals surface area contributed by atoms with Gasteiger partial charge >= 0.3 is 0 Å². The lowest BCUT2D eigenvalue weighted by molar-refractivity contribution is -0.117. The second-order valence-corrected chi connectivity index (χ2v) is 11.2. The second-order valence-electron chi connectivity index (χ2n) is 11.2. The van der Waals surface area contributed by atoms with Crippen molar-refractivity contribution in [2.24, 2.45) is 0 Å². The van der Waals surface area contributed by atoms with Gasteiger partial charge in [0.05, 0.1) is 11.2 Å². The Bertz CT molecular complexity index is 1670. The molecule has 1 aliphatic carbocycles. The van der Waals surface area contributed by atoms with E-state index >= 15 is 0 Å². The van der Waals surface area contributed by atoms with Gasteiger partial charge in [0, 0.05) is 54.3 Å². The summed E-state index contributed by atoms with van der Waals surface area (Å²) in [4.78, 5) is 29.0. The zero-order chi connectivity index (χ0) is 28.3. The van der Waals surface area contributed by atoms with Crippen LogP contribution in [-0.2, 0) is 4.79 Å². The van der Waals surface area contributed by atoms with Gasteiger partial charge in [-0.3, -0.25) is 4.40 Å². The third-order valence-electron chi connectivity index (χ3n) is 8.33. The van der Waals surface area contributed by atoms with E-state index in [2.05, 4.69) is 69.0 Å². The first-order chi connectivity index (χ1) is 20.1. The molecular formula is C34H38N6O. The largest absolute Gasteiger partial charge is 0.371 e. The van der Waals surface area contributed by atoms with Gasteiger partial charge < -0.3 is 15.0 Å². The molecule has 3 aromatic heterocycles. The molecule has 3 heterocycles. The van der Waals surface area contributed by atoms with Crippen LogP contribution in [0.1, 0.15) is 57.7 Å². The van der Waals surface area contributed by atoms with Crippen molar-refractivity contribution in [1.82, 2.24) is 24.3 Å². The standard InChI is InChI=1S/C34H38N6O/c1-4-17-39(18-8-9-23(2)41)28-20-27(21-28)34-38-31(32-33(35-3)36-16-19-40(32)34)26-13-12-25-14-15-29(37-30(25)22-26)24-10-6-5-7-11-24/h5-7,10-16,19,22,27-28H,4,8-9,17-18,20-21H2,1-3H3,(H,35,36). The van der Waals surface area contributed by atoms with Crippen molar-refractivity contribution in [2.75, 3.05) is 25.5 Å². The fourth-order valence-electron chi connectivity index (χ4n) is 6.16. The van der Waals surface area contributed by atoms with Crippen LogP contribution in [0.2, 0.25) is 0 Å². The molecule has 0 spiro atoms. The Morgan fingerprint density at radius 1 is 1.02 bits per heavy atom. The molecule has 1 N–H and O–H groups in total. The fourth-order valence-corrected chi connectivity index (χ4v) is 6.16. The highest BCUT2D eigenvalue weighted by Crippen LogP contribution is 2.42. The zero-order valence-corrected chi connectivity index (χ0v) is 24.2. The fraction of sp³-hybridized carbons (Fsp3) is 0.353. The van der Waals surface area contributed by atoms with Crippen LogP contribution in [-0.4, -0.2) is 56.2 Å². The number of carbonyl (C=O) groups excluding carboxylic acids is 1. The average molecular weight is 547 g/mol. The lowest BCUT2D eigenvalue weighted by Crippen LogP contribution is -2.45. The van der Waals surface area contributed by atoms with Gasteiger partial charge in [0.2, 0.25) is 0 Å². The number of ketones is 1. The Hall–Kier alpha value is -4.10. The molecule has 7 nitrogen and oxygen atoms in total. The Kier molecular flexibility index (Phi) is 7.79. The molecule has 2 aromatic carbocycles. The molecule has 1 fully saturated rings. The third-order valence-corrected chi connectivity index (χ3v) is 8.33. The molecule has 0 unspecified atom stereocenters. The van der Waals surface area contributed by atoms with Crippen molar-refractivity contribution >= 4 is 28.0 Å². The van der Waals surface area contributed by atoms with Crippen molar-refractivity contribution in [3.8, 4) is 22.5 Å². The highest BCUT2D eigenvalue weighted by atomic mass is 16.1. The summed E-state index contributed by atoms with van der Waals surface area (Å²) in [5.41, 5.74) is 5.99. The predicted octanol–water partition coefficient (Wildman–Crippen LogP) is 6.98. The van der Waals surface area contributed by atoms with Crippen molar-refractivity contribution in [3.63, 3.8) is 0 Å². The maximum Gasteiger partial charge on any atom is 0.152 e. The van der Waals surface area contributed by atoms with E-state index in [0.29, 0.717) is 18.4 Å². The molecule has 41 heavy (non-hydrogen) atoms. The summed E-state index contributed by atoms with van der Waals surface area (Å²) in [7, 11) is 1.91. The van der Waals surface area contributed by atoms with E-state index in [1.165, 1.54) is 0 Å². The van der Waals surface area contributed by atoms with Crippen LogP contribution in [0.4, 0.5) is 5.82 Å². The number of pyridine rings is 1. The van der Waals surface area contributed by atoms with E-state index in [-0.39, 0.29) is 5.78 Å². The normalized spacial score (nSPS) is 16.8. The quantitative estimate of drug-likeness (QED) is 0.193. The number of hydrogen-bond acceptors (Lipinski definition) is 6. The number of hydrogen-bond donors (Lipinski definition) is 1. The summed E-state index contributed by atoms with van der Waals surface area (Å²) >= 11 is 0. The summed E-state index contributed by atoms with van der Waals surface area (Å²) in [6.45, 7) is 5.98. The monoisotopic (exact) mass is 546 g/mol. The number of Topliss-reactive ketones (excluding diaryl/α,β-unsaturated/α-hetero) is 1. The molecule has 1 saturated carbocycles. The number of imidazole rings is 1. The summed E-state index contributed by atoms with van der Waals surface area (Å²) < 4.78 is 2.23. The lowest BCUT2D eigenvalue weighted by Gasteiger charge is -2.42. The van der Waals surface area contributed by atoms with Crippen LogP contribution >= 0.6 is 0 Å². The minimum atomic E-state index is 0.276. The topological polar surface area (TPSA) is 75.4 Å². The number of carbonyl (C=O) groups is 1. The van der Waals surface area contributed by atoms with Gasteiger partial charge in [-0.1, -0.05) is 55.5 Å². The highest BCUT2D eigenvalue weighted by Gasteiger charge is 2.37. The summed E-state index contributed by atoms with van der Waals surface area (Å²) in [5.74, 6) is 2.57. The SMILES string of the molecule is CCCN(CCCC(C)=O)C1CC(c2nc(-c3ccc4ccc(-c5ccccc5)nc4c3)c3c(NC)nccn23)C1. The van der Waals surface area contributed by atoms with Gasteiger partial charge in [0.25, 0.3) is 0 Å². The van der Waals surface area contributed by atoms with E-state index in [9.17, 15) is 4.79 Å². The summed E-state index contributed by atoms with van der Waals surface area (Å²) in [6.07, 6.45) is 8.77. The van der Waals surface area contributed by atoms with Gasteiger partial charge in [-0.2, -0.15) is 0 Å². The molecule has 0 bridgehead atoms. The first kappa shape index (κ1) is 27.1. The highest BCUT2D eigenvalue weighted by molar-refractivity contribution is 5.91. The number of benzene rings is 2. The Morgan fingerprint density at radius 2 is 1.83 bits per heavy atom. The Balaban J connectivity index is 1.33. The lowest BCUT2D eigenvalue weighted by atomic mass is 9.78. The van der Waals surface area contributed by atoms with Crippen LogP contribution in [0, 0.1) is 0 Å². The smallest absolute Gasteiger partial charge is 0.152 e. The Morgan fingerprint density at radius 3 is 2.59 bits per heavy atom. The molecule has 7 heteroatoms. The first-order valence-electron chi connectivity index (χ1n) is 14.8. The van der Waals surface area contributed by atoms with Crippen molar-refractivity contribution < 1.29 is 4.79 Å². The van der Waals surface area contributed by atoms with E-state index < -0.39 is 0 Å². The molecule has 0 saturated heterocycles. The maximum atomic E-state index is 11.5. The first-order valence-corrected chi connectivity index (χ1v) is 14.8. The molecular weight excluding hydrogens is 508 g/mol. The molecule has 6 rings (SSSR count). The van der Waals surface area contributed by atoms with Gasteiger partial charge in [-0.15, -0.1) is 0 Å². The molecule has 210 valence electrons. The maximum absolute atomic E-state index is 11.5. The minimum Gasteiger partial charge on any atom is -0.371 e. The molecule has 0 atom stereocenters. The predicted molar refractivity (Wildman–Crippen MR) is 166 cm³/mol. The molecule has 5 aromatic rings. The number of aromatic nitrogens is 4. The molecule has 0 radical (unpaired) electrons. The van der Waals surface area contributed by atoms with Crippen molar-refractivity contribution in [1.29, 1.82) is 0 Å². The number of nitrogens with zero attached hydrogens (tertiary/aromatic N) is 5. The molecule has 0 aliphatic heterocycles. The average Bonchev–Trinajstić information content (AvgIpc) is 3.35. The van der Waals surface area contributed by atoms with Crippen molar-refractivity contribution in [3.05, 3.63) is 78.9 Å². The molecule has 1 aliphatic rings. The number of nitrogens with one attached hydrogen (secondary N) is 1. The minimum absolute atomic E-state index is 0.276. The van der Waals surface area contributed by atoms with E-state index in [4.69, 9.17) is 9.97 Å². The van der Waals surface area contributed by atoms with E-state index in [0.717, 1.165) is 89.3 Å². The number of anilines is 1. The van der Waals surface area contributed by atoms with Gasteiger partial charge in [-0.05, 0) is 57.8 Å². The second kappa shape index (κ2) is 11.8. The Labute approximate surface area is 241 Å². The van der Waals surface area contributed by atoms with Gasteiger partial charge in [0.1, 0.15) is 22.8 Å².